The number of aromatic nitrogens is 3. The zero-order chi connectivity index (χ0) is 18.1. The second kappa shape index (κ2) is 6.02. The summed E-state index contributed by atoms with van der Waals surface area (Å²) in [5.41, 5.74) is 7.37. The Morgan fingerprint density at radius 3 is 1.67 bits per heavy atom. The number of rotatable bonds is 3. The molecule has 0 saturated heterocycles. The van der Waals surface area contributed by atoms with Crippen LogP contribution >= 0.6 is 0 Å². The molecular weight excluding hydrogens is 342 g/mol. The van der Waals surface area contributed by atoms with Gasteiger partial charge in [0.25, 0.3) is 0 Å². The van der Waals surface area contributed by atoms with Gasteiger partial charge in [0, 0.05) is 5.69 Å². The Labute approximate surface area is 130 Å². The lowest BCUT2D eigenvalue weighted by Crippen LogP contribution is -2.13. The maximum atomic E-state index is 12.7. The molecule has 0 amide bonds. The minimum Gasteiger partial charge on any atom is -0.378 e. The van der Waals surface area contributed by atoms with Crippen LogP contribution in [0.2, 0.25) is 0 Å². The SMILES string of the molecule is Nc1nc(N)nc(CNc2cc(C(F)(F)F)cc(C(F)(F)F)c2)n1. The average Bonchev–Trinajstić information content (AvgIpc) is 2.42. The third-order valence-corrected chi connectivity index (χ3v) is 2.75. The normalized spacial score (nSPS) is 12.2. The molecule has 2 aromatic rings. The number of nitrogens with two attached hydrogens (primary N) is 2. The summed E-state index contributed by atoms with van der Waals surface area (Å²) in [6, 6.07) is 1.12. The number of hydrogen-bond acceptors (Lipinski definition) is 6. The van der Waals surface area contributed by atoms with Crippen LogP contribution < -0.4 is 16.8 Å². The molecule has 12 heteroatoms. The number of halogens is 6. The van der Waals surface area contributed by atoms with Crippen molar-refractivity contribution in [1.29, 1.82) is 0 Å². The number of alkyl halides is 6. The van der Waals surface area contributed by atoms with Crippen molar-refractivity contribution in [3.8, 4) is 0 Å². The van der Waals surface area contributed by atoms with Crippen molar-refractivity contribution in [2.45, 2.75) is 18.9 Å². The molecule has 0 fully saturated rings. The van der Waals surface area contributed by atoms with Crippen LogP contribution in [-0.2, 0) is 18.9 Å². The summed E-state index contributed by atoms with van der Waals surface area (Å²) in [7, 11) is 0. The third-order valence-electron chi connectivity index (χ3n) is 2.75. The molecule has 0 aliphatic rings. The van der Waals surface area contributed by atoms with E-state index < -0.39 is 29.2 Å². The van der Waals surface area contributed by atoms with Gasteiger partial charge in [0.05, 0.1) is 17.7 Å². The van der Waals surface area contributed by atoms with Crippen LogP contribution in [0, 0.1) is 0 Å². The summed E-state index contributed by atoms with van der Waals surface area (Å²) in [5, 5.41) is 2.38. The summed E-state index contributed by atoms with van der Waals surface area (Å²) in [5.74, 6) is -0.482. The molecular formula is C12H10F6N6. The van der Waals surface area contributed by atoms with E-state index in [9.17, 15) is 26.3 Å². The van der Waals surface area contributed by atoms with E-state index in [0.717, 1.165) is 0 Å². The van der Waals surface area contributed by atoms with Gasteiger partial charge in [-0.2, -0.15) is 41.3 Å². The standard InChI is InChI=1S/C12H10F6N6/c13-11(14,15)5-1-6(12(16,17)18)3-7(2-5)21-4-8-22-9(19)24-10(20)23-8/h1-3,21H,4H2,(H4,19,20,22,23,24). The topological polar surface area (TPSA) is 103 Å². The van der Waals surface area contributed by atoms with Gasteiger partial charge in [0.2, 0.25) is 11.9 Å². The lowest BCUT2D eigenvalue weighted by molar-refractivity contribution is -0.143. The largest absolute Gasteiger partial charge is 0.416 e. The fourth-order valence-corrected chi connectivity index (χ4v) is 1.77. The molecule has 0 saturated carbocycles. The molecule has 0 aliphatic heterocycles. The van der Waals surface area contributed by atoms with E-state index in [2.05, 4.69) is 20.3 Å². The molecule has 1 heterocycles. The van der Waals surface area contributed by atoms with E-state index in [4.69, 9.17) is 11.5 Å². The molecule has 0 atom stereocenters. The molecule has 0 aliphatic carbocycles. The number of nitrogens with zero attached hydrogens (tertiary/aromatic N) is 3. The van der Waals surface area contributed by atoms with Crippen LogP contribution in [-0.4, -0.2) is 15.0 Å². The first-order valence-corrected chi connectivity index (χ1v) is 6.24. The van der Waals surface area contributed by atoms with Gasteiger partial charge in [0.1, 0.15) is 0 Å². The minimum absolute atomic E-state index is 0.0318. The minimum atomic E-state index is -4.93. The Morgan fingerprint density at radius 2 is 1.25 bits per heavy atom. The van der Waals surface area contributed by atoms with Crippen LogP contribution in [0.1, 0.15) is 17.0 Å². The molecule has 1 aromatic carbocycles. The molecule has 130 valence electrons. The van der Waals surface area contributed by atoms with Crippen molar-refractivity contribution in [2.24, 2.45) is 0 Å². The summed E-state index contributed by atoms with van der Waals surface area (Å²) in [6.07, 6.45) is -9.86. The van der Waals surface area contributed by atoms with Crippen LogP contribution in [0.5, 0.6) is 0 Å². The Balaban J connectivity index is 2.32. The predicted octanol–water partition coefficient (Wildman–Crippen LogP) is 2.69. The maximum Gasteiger partial charge on any atom is 0.416 e. The highest BCUT2D eigenvalue weighted by atomic mass is 19.4. The van der Waals surface area contributed by atoms with Gasteiger partial charge in [-0.1, -0.05) is 0 Å². The summed E-state index contributed by atoms with van der Waals surface area (Å²) < 4.78 is 76.5. The van der Waals surface area contributed by atoms with E-state index in [0.29, 0.717) is 12.1 Å². The van der Waals surface area contributed by atoms with Gasteiger partial charge in [0.15, 0.2) is 5.82 Å². The quantitative estimate of drug-likeness (QED) is 0.734. The third kappa shape index (κ3) is 4.36. The first-order valence-electron chi connectivity index (χ1n) is 6.24. The highest BCUT2D eigenvalue weighted by Crippen LogP contribution is 2.37. The van der Waals surface area contributed by atoms with Crippen molar-refractivity contribution < 1.29 is 26.3 Å². The van der Waals surface area contributed by atoms with Crippen molar-refractivity contribution in [1.82, 2.24) is 15.0 Å². The van der Waals surface area contributed by atoms with E-state index in [1.807, 2.05) is 0 Å². The van der Waals surface area contributed by atoms with Crippen molar-refractivity contribution in [3.05, 3.63) is 35.2 Å². The van der Waals surface area contributed by atoms with E-state index in [1.165, 1.54) is 0 Å². The monoisotopic (exact) mass is 352 g/mol. The van der Waals surface area contributed by atoms with Gasteiger partial charge >= 0.3 is 12.4 Å². The number of nitrogen functional groups attached to an aromatic ring is 2. The maximum absolute atomic E-state index is 12.7. The fourth-order valence-electron chi connectivity index (χ4n) is 1.77. The molecule has 5 N–H and O–H groups in total. The van der Waals surface area contributed by atoms with Crippen molar-refractivity contribution in [3.63, 3.8) is 0 Å². The van der Waals surface area contributed by atoms with E-state index in [-0.39, 0.29) is 30.3 Å². The zero-order valence-electron chi connectivity index (χ0n) is 11.7. The van der Waals surface area contributed by atoms with Crippen molar-refractivity contribution in [2.75, 3.05) is 16.8 Å². The Hall–Kier alpha value is -2.79. The molecule has 0 unspecified atom stereocenters. The lowest BCUT2D eigenvalue weighted by atomic mass is 10.1. The Kier molecular flexibility index (Phi) is 4.40. The lowest BCUT2D eigenvalue weighted by Gasteiger charge is -2.15. The molecule has 24 heavy (non-hydrogen) atoms. The second-order valence-corrected chi connectivity index (χ2v) is 4.62. The van der Waals surface area contributed by atoms with Gasteiger partial charge in [-0.05, 0) is 18.2 Å². The second-order valence-electron chi connectivity index (χ2n) is 4.62. The van der Waals surface area contributed by atoms with Gasteiger partial charge < -0.3 is 16.8 Å². The van der Waals surface area contributed by atoms with E-state index >= 15 is 0 Å². The fraction of sp³-hybridized carbons (Fsp3) is 0.250. The predicted molar refractivity (Wildman–Crippen MR) is 72.4 cm³/mol. The number of hydrogen-bond donors (Lipinski definition) is 3. The van der Waals surface area contributed by atoms with Gasteiger partial charge in [-0.3, -0.25) is 0 Å². The number of nitrogens with one attached hydrogen (secondary N) is 1. The first kappa shape index (κ1) is 17.6. The van der Waals surface area contributed by atoms with E-state index in [1.54, 1.807) is 0 Å². The first-order chi connectivity index (χ1) is 10.9. The highest BCUT2D eigenvalue weighted by Gasteiger charge is 2.36. The molecule has 2 rings (SSSR count). The van der Waals surface area contributed by atoms with Gasteiger partial charge in [-0.25, -0.2) is 0 Å². The smallest absolute Gasteiger partial charge is 0.378 e. The molecule has 1 aromatic heterocycles. The average molecular weight is 352 g/mol. The molecule has 0 spiro atoms. The number of anilines is 3. The van der Waals surface area contributed by atoms with Crippen LogP contribution in [0.15, 0.2) is 18.2 Å². The van der Waals surface area contributed by atoms with Gasteiger partial charge in [-0.15, -0.1) is 0 Å². The summed E-state index contributed by atoms with van der Waals surface area (Å²) in [4.78, 5) is 10.8. The summed E-state index contributed by atoms with van der Waals surface area (Å²) in [6.45, 7) is -0.296. The zero-order valence-corrected chi connectivity index (χ0v) is 11.7. The Bertz CT molecular complexity index is 689. The van der Waals surface area contributed by atoms with Crippen LogP contribution in [0.25, 0.3) is 0 Å². The van der Waals surface area contributed by atoms with Crippen molar-refractivity contribution >= 4 is 17.6 Å². The van der Waals surface area contributed by atoms with Crippen LogP contribution in [0.3, 0.4) is 0 Å². The highest BCUT2D eigenvalue weighted by molar-refractivity contribution is 5.50. The van der Waals surface area contributed by atoms with Crippen LogP contribution in [0.4, 0.5) is 43.9 Å². The number of benzene rings is 1. The molecule has 0 radical (unpaired) electrons. The molecule has 0 bridgehead atoms. The summed E-state index contributed by atoms with van der Waals surface area (Å²) >= 11 is 0. The molecule has 6 nitrogen and oxygen atoms in total. The Morgan fingerprint density at radius 1 is 0.792 bits per heavy atom.